The molecular weight excluding hydrogens is 316 g/mol. The van der Waals surface area contributed by atoms with Crippen molar-refractivity contribution in [1.82, 2.24) is 4.98 Å². The molecule has 0 saturated heterocycles. The van der Waals surface area contributed by atoms with Crippen LogP contribution in [0.25, 0.3) is 11.1 Å². The van der Waals surface area contributed by atoms with Crippen molar-refractivity contribution in [1.29, 1.82) is 0 Å². The summed E-state index contributed by atoms with van der Waals surface area (Å²) >= 11 is 0. The van der Waals surface area contributed by atoms with Gasteiger partial charge in [0, 0.05) is 0 Å². The highest BCUT2D eigenvalue weighted by Gasteiger charge is 2.29. The second kappa shape index (κ2) is 7.15. The number of nitrogens with zero attached hydrogens (tertiary/aromatic N) is 1. The molecule has 5 nitrogen and oxygen atoms in total. The first-order valence-corrected chi connectivity index (χ1v) is 8.78. The minimum absolute atomic E-state index is 0.241. The zero-order valence-electron chi connectivity index (χ0n) is 14.1. The summed E-state index contributed by atoms with van der Waals surface area (Å²) in [7, 11) is 0. The quantitative estimate of drug-likeness (QED) is 0.660. The van der Waals surface area contributed by atoms with Crippen LogP contribution in [0.3, 0.4) is 0 Å². The number of hydrogen-bond acceptors (Lipinski definition) is 5. The molecule has 0 radical (unpaired) electrons. The zero-order chi connectivity index (χ0) is 17.1. The summed E-state index contributed by atoms with van der Waals surface area (Å²) in [5.41, 5.74) is 7.32. The van der Waals surface area contributed by atoms with Gasteiger partial charge >= 0.3 is 6.08 Å². The summed E-state index contributed by atoms with van der Waals surface area (Å²) in [5, 5.41) is 0. The van der Waals surface area contributed by atoms with Gasteiger partial charge in [-0.2, -0.15) is 4.98 Å². The summed E-state index contributed by atoms with van der Waals surface area (Å²) in [5.74, 6) is 2.91. The molecule has 2 aromatic carbocycles. The largest absolute Gasteiger partial charge is 0.494 e. The summed E-state index contributed by atoms with van der Waals surface area (Å²) in [6, 6.07) is 15.1. The molecule has 1 heterocycles. The third-order valence-electron chi connectivity index (χ3n) is 4.65. The molecule has 0 spiro atoms. The third-order valence-corrected chi connectivity index (χ3v) is 4.65. The number of fused-ring (bicyclic) bond motifs is 1. The Morgan fingerprint density at radius 1 is 1.08 bits per heavy atom. The molecule has 1 saturated carbocycles. The van der Waals surface area contributed by atoms with E-state index in [1.807, 2.05) is 48.5 Å². The normalized spacial score (nSPS) is 15.2. The first kappa shape index (κ1) is 16.0. The van der Waals surface area contributed by atoms with Crippen LogP contribution < -0.4 is 15.2 Å². The van der Waals surface area contributed by atoms with Crippen LogP contribution in [0.4, 0.5) is 0 Å². The lowest BCUT2D eigenvalue weighted by Gasteiger charge is -2.14. The van der Waals surface area contributed by atoms with Crippen LogP contribution in [0.2, 0.25) is 0 Å². The van der Waals surface area contributed by atoms with Gasteiger partial charge in [-0.25, -0.2) is 0 Å². The van der Waals surface area contributed by atoms with E-state index >= 15 is 0 Å². The lowest BCUT2D eigenvalue weighted by molar-refractivity contribution is 0.268. The van der Waals surface area contributed by atoms with Gasteiger partial charge < -0.3 is 19.6 Å². The highest BCUT2D eigenvalue weighted by atomic mass is 16.6. The molecule has 130 valence electrons. The van der Waals surface area contributed by atoms with E-state index in [9.17, 15) is 0 Å². The van der Waals surface area contributed by atoms with Crippen LogP contribution >= 0.6 is 0 Å². The Hall–Kier alpha value is -2.53. The van der Waals surface area contributed by atoms with E-state index in [1.54, 1.807) is 0 Å². The Labute approximate surface area is 146 Å². The van der Waals surface area contributed by atoms with E-state index in [1.165, 1.54) is 12.8 Å². The van der Waals surface area contributed by atoms with E-state index in [4.69, 9.17) is 19.6 Å². The highest BCUT2D eigenvalue weighted by Crippen LogP contribution is 2.38. The highest BCUT2D eigenvalue weighted by molar-refractivity contribution is 5.72. The summed E-state index contributed by atoms with van der Waals surface area (Å²) in [4.78, 5) is 4.30. The monoisotopic (exact) mass is 338 g/mol. The van der Waals surface area contributed by atoms with Gasteiger partial charge in [-0.05, 0) is 74.0 Å². The Morgan fingerprint density at radius 2 is 1.84 bits per heavy atom. The van der Waals surface area contributed by atoms with Gasteiger partial charge in [0.2, 0.25) is 0 Å². The first-order valence-electron chi connectivity index (χ1n) is 8.78. The van der Waals surface area contributed by atoms with Crippen LogP contribution in [-0.4, -0.2) is 18.1 Å². The maximum atomic E-state index is 5.83. The summed E-state index contributed by atoms with van der Waals surface area (Å²) in [6.07, 6.45) is 3.90. The number of hydrogen-bond donors (Lipinski definition) is 1. The molecule has 2 N–H and O–H groups in total. The van der Waals surface area contributed by atoms with Gasteiger partial charge in [0.05, 0.1) is 6.61 Å². The molecule has 1 atom stereocenters. The van der Waals surface area contributed by atoms with Crippen LogP contribution in [0.5, 0.6) is 17.6 Å². The van der Waals surface area contributed by atoms with E-state index < -0.39 is 0 Å². The lowest BCUT2D eigenvalue weighted by atomic mass is 10.0. The molecule has 5 heteroatoms. The molecule has 0 bridgehead atoms. The molecule has 1 aliphatic carbocycles. The van der Waals surface area contributed by atoms with Crippen molar-refractivity contribution in [2.75, 3.05) is 13.2 Å². The number of ether oxygens (including phenoxy) is 2. The van der Waals surface area contributed by atoms with Gasteiger partial charge in [-0.3, -0.25) is 0 Å². The van der Waals surface area contributed by atoms with Crippen molar-refractivity contribution in [2.45, 2.75) is 19.3 Å². The molecule has 0 aliphatic heterocycles. The number of nitrogens with two attached hydrogens (primary N) is 1. The van der Waals surface area contributed by atoms with Crippen LogP contribution in [0.1, 0.15) is 19.3 Å². The Bertz CT molecular complexity index is 791. The average molecular weight is 338 g/mol. The molecule has 1 aliphatic rings. The van der Waals surface area contributed by atoms with Gasteiger partial charge in [-0.1, -0.05) is 12.1 Å². The standard InChI is InChI=1S/C20H22N2O3/c21-13-15(14-5-6-14)11-12-23-16-7-9-17(10-8-16)24-20-22-18-3-1-2-4-19(18)25-20/h1-4,7-10,14-15H,5-6,11-13,21H2. The van der Waals surface area contributed by atoms with Gasteiger partial charge in [0.1, 0.15) is 17.0 Å². The minimum Gasteiger partial charge on any atom is -0.494 e. The van der Waals surface area contributed by atoms with Crippen molar-refractivity contribution in [2.24, 2.45) is 17.6 Å². The predicted octanol–water partition coefficient (Wildman–Crippen LogP) is 4.37. The molecule has 3 aromatic rings. The van der Waals surface area contributed by atoms with Gasteiger partial charge in [0.25, 0.3) is 0 Å². The molecular formula is C20H22N2O3. The van der Waals surface area contributed by atoms with Crippen LogP contribution in [-0.2, 0) is 0 Å². The van der Waals surface area contributed by atoms with Crippen molar-refractivity contribution < 1.29 is 13.9 Å². The number of aromatic nitrogens is 1. The van der Waals surface area contributed by atoms with Crippen molar-refractivity contribution in [3.63, 3.8) is 0 Å². The topological polar surface area (TPSA) is 70.5 Å². The Kier molecular flexibility index (Phi) is 4.57. The Balaban J connectivity index is 1.32. The predicted molar refractivity (Wildman–Crippen MR) is 95.9 cm³/mol. The molecule has 4 rings (SSSR count). The van der Waals surface area contributed by atoms with Crippen LogP contribution in [0.15, 0.2) is 52.9 Å². The van der Waals surface area contributed by atoms with E-state index in [0.29, 0.717) is 23.9 Å². The fraction of sp³-hybridized carbons (Fsp3) is 0.350. The molecule has 1 aromatic heterocycles. The van der Waals surface area contributed by atoms with E-state index in [0.717, 1.165) is 30.1 Å². The third kappa shape index (κ3) is 3.94. The summed E-state index contributed by atoms with van der Waals surface area (Å²) < 4.78 is 17.0. The maximum Gasteiger partial charge on any atom is 0.400 e. The number of para-hydroxylation sites is 2. The second-order valence-electron chi connectivity index (χ2n) is 6.49. The first-order chi connectivity index (χ1) is 12.3. The lowest BCUT2D eigenvalue weighted by Crippen LogP contribution is -2.19. The smallest absolute Gasteiger partial charge is 0.400 e. The Morgan fingerprint density at radius 3 is 2.56 bits per heavy atom. The maximum absolute atomic E-state index is 5.83. The van der Waals surface area contributed by atoms with Crippen molar-refractivity contribution in [3.8, 4) is 17.6 Å². The summed E-state index contributed by atoms with van der Waals surface area (Å²) in [6.45, 7) is 1.45. The molecule has 1 fully saturated rings. The fourth-order valence-corrected chi connectivity index (χ4v) is 3.04. The van der Waals surface area contributed by atoms with E-state index in [2.05, 4.69) is 4.98 Å². The van der Waals surface area contributed by atoms with Gasteiger partial charge in [-0.15, -0.1) is 0 Å². The van der Waals surface area contributed by atoms with Gasteiger partial charge in [0.15, 0.2) is 5.58 Å². The average Bonchev–Trinajstić information content (AvgIpc) is 3.39. The molecule has 0 amide bonds. The van der Waals surface area contributed by atoms with Crippen LogP contribution in [0, 0.1) is 11.8 Å². The number of oxazole rings is 1. The molecule has 1 unspecified atom stereocenters. The number of benzene rings is 2. The number of rotatable bonds is 8. The van der Waals surface area contributed by atoms with Crippen molar-refractivity contribution in [3.05, 3.63) is 48.5 Å². The zero-order valence-corrected chi connectivity index (χ0v) is 14.1. The fourth-order valence-electron chi connectivity index (χ4n) is 3.04. The van der Waals surface area contributed by atoms with Crippen molar-refractivity contribution >= 4 is 11.1 Å². The minimum atomic E-state index is 0.241. The SMILES string of the molecule is NCC(CCOc1ccc(Oc2nc3ccccc3o2)cc1)C1CC1. The van der Waals surface area contributed by atoms with E-state index in [-0.39, 0.29) is 6.08 Å². The second-order valence-corrected chi connectivity index (χ2v) is 6.49. The molecule has 25 heavy (non-hydrogen) atoms.